The molecule has 1 aliphatic heterocycles. The van der Waals surface area contributed by atoms with Gasteiger partial charge in [-0.15, -0.1) is 33.6 Å². The Bertz CT molecular complexity index is 1120. The molecule has 1 unspecified atom stereocenters. The zero-order valence-electron chi connectivity index (χ0n) is 16.8. The SMILES string of the molecule is CC(=O)Nc1cccc(OC(F)(F)F)c1-c1ccc(N2CCC(c3nnc(N)s3)C2)nn1. The van der Waals surface area contributed by atoms with Gasteiger partial charge < -0.3 is 20.7 Å². The smallest absolute Gasteiger partial charge is 0.405 e. The fourth-order valence-electron chi connectivity index (χ4n) is 3.51. The number of carbonyl (C=O) groups excluding carboxylic acids is 1. The lowest BCUT2D eigenvalue weighted by Crippen LogP contribution is -2.21. The zero-order valence-corrected chi connectivity index (χ0v) is 17.6. The van der Waals surface area contributed by atoms with Gasteiger partial charge in [0.15, 0.2) is 5.82 Å². The summed E-state index contributed by atoms with van der Waals surface area (Å²) in [5.41, 5.74) is 5.91. The molecule has 13 heteroatoms. The van der Waals surface area contributed by atoms with Crippen molar-refractivity contribution in [1.82, 2.24) is 20.4 Å². The first kappa shape index (κ1) is 21.7. The van der Waals surface area contributed by atoms with Crippen LogP contribution in [0.25, 0.3) is 11.3 Å². The predicted molar refractivity (Wildman–Crippen MR) is 112 cm³/mol. The molecule has 0 bridgehead atoms. The molecule has 2 aromatic heterocycles. The van der Waals surface area contributed by atoms with Crippen molar-refractivity contribution >= 4 is 33.9 Å². The van der Waals surface area contributed by atoms with Crippen LogP contribution in [0.3, 0.4) is 0 Å². The van der Waals surface area contributed by atoms with Crippen LogP contribution in [0, 0.1) is 0 Å². The summed E-state index contributed by atoms with van der Waals surface area (Å²) < 4.78 is 42.9. The average molecular weight is 465 g/mol. The molecule has 1 atom stereocenters. The van der Waals surface area contributed by atoms with E-state index in [0.29, 0.717) is 24.0 Å². The second-order valence-corrected chi connectivity index (χ2v) is 8.14. The van der Waals surface area contributed by atoms with Crippen LogP contribution in [0.4, 0.5) is 29.8 Å². The molecule has 1 aliphatic rings. The molecule has 1 saturated heterocycles. The van der Waals surface area contributed by atoms with Crippen molar-refractivity contribution in [3.05, 3.63) is 35.3 Å². The largest absolute Gasteiger partial charge is 0.573 e. The van der Waals surface area contributed by atoms with E-state index in [1.54, 1.807) is 12.1 Å². The second-order valence-electron chi connectivity index (χ2n) is 7.09. The van der Waals surface area contributed by atoms with E-state index in [4.69, 9.17) is 5.73 Å². The number of anilines is 3. The summed E-state index contributed by atoms with van der Waals surface area (Å²) >= 11 is 1.35. The minimum absolute atomic E-state index is 0.0114. The van der Waals surface area contributed by atoms with E-state index in [-0.39, 0.29) is 22.9 Å². The number of alkyl halides is 3. The van der Waals surface area contributed by atoms with E-state index < -0.39 is 18.0 Å². The highest BCUT2D eigenvalue weighted by Crippen LogP contribution is 2.39. The van der Waals surface area contributed by atoms with Crippen molar-refractivity contribution < 1.29 is 22.7 Å². The number of nitrogen functional groups attached to an aromatic ring is 1. The zero-order chi connectivity index (χ0) is 22.9. The topological polar surface area (TPSA) is 119 Å². The number of nitrogens with one attached hydrogen (secondary N) is 1. The number of aromatic nitrogens is 4. The molecule has 0 spiro atoms. The van der Waals surface area contributed by atoms with Crippen LogP contribution in [0.15, 0.2) is 30.3 Å². The number of rotatable bonds is 5. The van der Waals surface area contributed by atoms with Crippen LogP contribution in [0.5, 0.6) is 5.75 Å². The monoisotopic (exact) mass is 465 g/mol. The molecular weight excluding hydrogens is 447 g/mol. The first-order valence-corrected chi connectivity index (χ1v) is 10.4. The number of hydrogen-bond acceptors (Lipinski definition) is 9. The summed E-state index contributed by atoms with van der Waals surface area (Å²) in [6.07, 6.45) is -4.07. The second kappa shape index (κ2) is 8.57. The normalized spacial score (nSPS) is 16.2. The molecule has 1 aromatic carbocycles. The maximum Gasteiger partial charge on any atom is 0.573 e. The number of benzene rings is 1. The van der Waals surface area contributed by atoms with Crippen molar-refractivity contribution in [1.29, 1.82) is 0 Å². The first-order valence-electron chi connectivity index (χ1n) is 9.54. The minimum atomic E-state index is -4.91. The average Bonchev–Trinajstić information content (AvgIpc) is 3.36. The minimum Gasteiger partial charge on any atom is -0.405 e. The summed E-state index contributed by atoms with van der Waals surface area (Å²) in [7, 11) is 0. The lowest BCUT2D eigenvalue weighted by molar-refractivity contribution is -0.274. The molecule has 0 radical (unpaired) electrons. The Morgan fingerprint density at radius 3 is 2.66 bits per heavy atom. The first-order chi connectivity index (χ1) is 15.2. The lowest BCUT2D eigenvalue weighted by atomic mass is 10.1. The van der Waals surface area contributed by atoms with Gasteiger partial charge in [0.25, 0.3) is 0 Å². The number of halogens is 3. The highest BCUT2D eigenvalue weighted by atomic mass is 32.1. The molecule has 32 heavy (non-hydrogen) atoms. The Morgan fingerprint density at radius 2 is 2.03 bits per heavy atom. The van der Waals surface area contributed by atoms with Gasteiger partial charge in [-0.1, -0.05) is 17.4 Å². The van der Waals surface area contributed by atoms with Gasteiger partial charge in [0.05, 0.1) is 16.9 Å². The number of nitrogens with zero attached hydrogens (tertiary/aromatic N) is 5. The molecule has 3 N–H and O–H groups in total. The van der Waals surface area contributed by atoms with Gasteiger partial charge >= 0.3 is 6.36 Å². The molecule has 3 heterocycles. The molecule has 0 saturated carbocycles. The van der Waals surface area contributed by atoms with E-state index >= 15 is 0 Å². The van der Waals surface area contributed by atoms with E-state index in [9.17, 15) is 18.0 Å². The molecule has 4 rings (SSSR count). The summed E-state index contributed by atoms with van der Waals surface area (Å²) in [5, 5.41) is 20.0. The van der Waals surface area contributed by atoms with Crippen molar-refractivity contribution in [2.24, 2.45) is 0 Å². The van der Waals surface area contributed by atoms with Gasteiger partial charge in [-0.25, -0.2) is 0 Å². The molecule has 0 aliphatic carbocycles. The summed E-state index contributed by atoms with van der Waals surface area (Å²) in [5.74, 6) is -0.191. The summed E-state index contributed by atoms with van der Waals surface area (Å²) in [6, 6.07) is 7.18. The Morgan fingerprint density at radius 1 is 1.22 bits per heavy atom. The van der Waals surface area contributed by atoms with E-state index in [1.165, 1.54) is 30.4 Å². The van der Waals surface area contributed by atoms with Gasteiger partial charge in [-0.3, -0.25) is 4.79 Å². The number of nitrogens with two attached hydrogens (primary N) is 1. The molecular formula is C19H18F3N7O2S. The fourth-order valence-corrected chi connectivity index (χ4v) is 4.24. The van der Waals surface area contributed by atoms with E-state index in [0.717, 1.165) is 17.5 Å². The van der Waals surface area contributed by atoms with Crippen molar-refractivity contribution in [2.45, 2.75) is 25.6 Å². The van der Waals surface area contributed by atoms with Gasteiger partial charge in [-0.05, 0) is 30.7 Å². The third kappa shape index (κ3) is 4.88. The number of carbonyl (C=O) groups is 1. The van der Waals surface area contributed by atoms with Gasteiger partial charge in [0.1, 0.15) is 10.8 Å². The number of ether oxygens (including phenoxy) is 1. The Hall–Kier alpha value is -3.48. The highest BCUT2D eigenvalue weighted by Gasteiger charge is 2.33. The third-order valence-electron chi connectivity index (χ3n) is 4.79. The number of amides is 1. The van der Waals surface area contributed by atoms with E-state index in [2.05, 4.69) is 30.4 Å². The fraction of sp³-hybridized carbons (Fsp3) is 0.316. The van der Waals surface area contributed by atoms with Gasteiger partial charge in [0.2, 0.25) is 11.0 Å². The highest BCUT2D eigenvalue weighted by molar-refractivity contribution is 7.15. The van der Waals surface area contributed by atoms with Crippen LogP contribution in [0.2, 0.25) is 0 Å². The molecule has 1 fully saturated rings. The Kier molecular flexibility index (Phi) is 5.82. The summed E-state index contributed by atoms with van der Waals surface area (Å²) in [6.45, 7) is 2.61. The summed E-state index contributed by atoms with van der Waals surface area (Å²) in [4.78, 5) is 13.5. The van der Waals surface area contributed by atoms with Crippen molar-refractivity contribution in [2.75, 3.05) is 29.0 Å². The maximum atomic E-state index is 12.9. The van der Waals surface area contributed by atoms with Crippen LogP contribution in [-0.4, -0.2) is 45.8 Å². The van der Waals surface area contributed by atoms with Crippen LogP contribution in [-0.2, 0) is 4.79 Å². The van der Waals surface area contributed by atoms with Crippen molar-refractivity contribution in [3.8, 4) is 17.0 Å². The molecule has 168 valence electrons. The van der Waals surface area contributed by atoms with Crippen molar-refractivity contribution in [3.63, 3.8) is 0 Å². The maximum absolute atomic E-state index is 12.9. The Balaban J connectivity index is 1.60. The predicted octanol–water partition coefficient (Wildman–Crippen LogP) is 3.43. The van der Waals surface area contributed by atoms with Gasteiger partial charge in [-0.2, -0.15) is 0 Å². The van der Waals surface area contributed by atoms with Crippen LogP contribution in [0.1, 0.15) is 24.3 Å². The third-order valence-corrected chi connectivity index (χ3v) is 5.70. The quantitative estimate of drug-likeness (QED) is 0.588. The standard InChI is InChI=1S/C19H18F3N7O2S/c1-10(30)24-12-3-2-4-14(31-19(20,21)22)16(12)13-5-6-15(26-25-13)29-8-7-11(9-29)17-27-28-18(23)32-17/h2-6,11H,7-9H2,1H3,(H2,23,28)(H,24,30). The molecule has 1 amide bonds. The number of hydrogen-bond donors (Lipinski definition) is 2. The molecule has 9 nitrogen and oxygen atoms in total. The van der Waals surface area contributed by atoms with E-state index in [1.807, 2.05) is 4.90 Å². The van der Waals surface area contributed by atoms with Crippen LogP contribution >= 0.6 is 11.3 Å². The lowest BCUT2D eigenvalue weighted by Gasteiger charge is -2.18. The van der Waals surface area contributed by atoms with Crippen LogP contribution < -0.4 is 20.7 Å². The van der Waals surface area contributed by atoms with Gasteiger partial charge in [0, 0.05) is 25.9 Å². The molecule has 3 aromatic rings. The Labute approximate surface area is 184 Å².